The fourth-order valence-corrected chi connectivity index (χ4v) is 4.16. The highest BCUT2D eigenvalue weighted by molar-refractivity contribution is 6.10. The summed E-state index contributed by atoms with van der Waals surface area (Å²) in [7, 11) is 0. The molecule has 1 unspecified atom stereocenters. The first-order valence-electron chi connectivity index (χ1n) is 9.68. The molecule has 30 heavy (non-hydrogen) atoms. The van der Waals surface area contributed by atoms with Gasteiger partial charge in [-0.3, -0.25) is 19.3 Å². The number of benzene rings is 1. The van der Waals surface area contributed by atoms with E-state index in [0.29, 0.717) is 23.2 Å². The van der Waals surface area contributed by atoms with Crippen LogP contribution in [0.15, 0.2) is 30.5 Å². The van der Waals surface area contributed by atoms with Gasteiger partial charge in [0.1, 0.15) is 6.04 Å². The van der Waals surface area contributed by atoms with E-state index in [0.717, 1.165) is 21.4 Å². The van der Waals surface area contributed by atoms with Crippen LogP contribution in [0.4, 0.5) is 4.79 Å². The van der Waals surface area contributed by atoms with Crippen molar-refractivity contribution in [2.75, 3.05) is 6.54 Å². The highest BCUT2D eigenvalue weighted by Crippen LogP contribution is 2.22. The zero-order valence-corrected chi connectivity index (χ0v) is 17.0. The van der Waals surface area contributed by atoms with Gasteiger partial charge in [-0.25, -0.2) is 4.79 Å². The molecule has 8 heteroatoms. The van der Waals surface area contributed by atoms with E-state index in [9.17, 15) is 19.2 Å². The lowest BCUT2D eigenvalue weighted by molar-refractivity contribution is -0.127. The minimum absolute atomic E-state index is 0.144. The Morgan fingerprint density at radius 2 is 1.87 bits per heavy atom. The molecule has 1 aliphatic rings. The number of Topliss-reactive ketones (excluding diaryl/α,β-unsaturated/α-hetero) is 2. The number of nitrogens with one attached hydrogen (secondary N) is 3. The molecule has 1 fully saturated rings. The monoisotopic (exact) mass is 406 g/mol. The summed E-state index contributed by atoms with van der Waals surface area (Å²) in [6.07, 6.45) is 2.15. The Labute approximate surface area is 172 Å². The van der Waals surface area contributed by atoms with Gasteiger partial charge >= 0.3 is 6.03 Å². The van der Waals surface area contributed by atoms with Crippen molar-refractivity contribution in [3.05, 3.63) is 58.5 Å². The van der Waals surface area contributed by atoms with E-state index >= 15 is 0 Å². The number of para-hydroxylation sites is 1. The molecule has 3 N–H and O–H groups in total. The number of aryl methyl sites for hydroxylation is 1. The number of carbonyl (C=O) groups excluding carboxylic acids is 4. The van der Waals surface area contributed by atoms with Gasteiger partial charge in [-0.2, -0.15) is 0 Å². The SMILES string of the molecule is CC(=O)c1c(C)[nH]c(C(=O)CN2C(=O)NC(Cc3c[nH]c4ccccc34)C2=O)c1C. The largest absolute Gasteiger partial charge is 0.361 e. The van der Waals surface area contributed by atoms with E-state index in [-0.39, 0.29) is 18.0 Å². The van der Waals surface area contributed by atoms with Gasteiger partial charge in [0.05, 0.1) is 12.2 Å². The van der Waals surface area contributed by atoms with E-state index in [1.165, 1.54) is 6.92 Å². The number of hydrogen-bond acceptors (Lipinski definition) is 4. The maximum absolute atomic E-state index is 12.8. The topological polar surface area (TPSA) is 115 Å². The van der Waals surface area contributed by atoms with E-state index in [1.807, 2.05) is 30.5 Å². The molecule has 1 atom stereocenters. The van der Waals surface area contributed by atoms with Crippen LogP contribution in [0.1, 0.15) is 44.6 Å². The quantitative estimate of drug-likeness (QED) is 0.431. The molecule has 4 rings (SSSR count). The first-order valence-corrected chi connectivity index (χ1v) is 9.68. The minimum Gasteiger partial charge on any atom is -0.361 e. The number of ketones is 2. The van der Waals surface area contributed by atoms with Crippen molar-refractivity contribution in [2.24, 2.45) is 0 Å². The van der Waals surface area contributed by atoms with Crippen molar-refractivity contribution in [3.63, 3.8) is 0 Å². The Balaban J connectivity index is 1.51. The van der Waals surface area contributed by atoms with Gasteiger partial charge in [0.15, 0.2) is 11.6 Å². The third kappa shape index (κ3) is 3.20. The highest BCUT2D eigenvalue weighted by atomic mass is 16.2. The number of carbonyl (C=O) groups is 4. The Morgan fingerprint density at radius 1 is 1.13 bits per heavy atom. The summed E-state index contributed by atoms with van der Waals surface area (Å²) in [5, 5.41) is 3.66. The van der Waals surface area contributed by atoms with E-state index in [1.54, 1.807) is 13.8 Å². The third-order valence-electron chi connectivity index (χ3n) is 5.58. The molecule has 1 aliphatic heterocycles. The second kappa shape index (κ2) is 7.29. The molecule has 0 radical (unpaired) electrons. The highest BCUT2D eigenvalue weighted by Gasteiger charge is 2.39. The van der Waals surface area contributed by atoms with Crippen LogP contribution < -0.4 is 5.32 Å². The number of fused-ring (bicyclic) bond motifs is 1. The molecule has 0 spiro atoms. The third-order valence-corrected chi connectivity index (χ3v) is 5.58. The fraction of sp³-hybridized carbons (Fsp3) is 0.273. The van der Waals surface area contributed by atoms with Crippen LogP contribution in [-0.4, -0.2) is 51.0 Å². The normalized spacial score (nSPS) is 16.4. The maximum atomic E-state index is 12.8. The summed E-state index contributed by atoms with van der Waals surface area (Å²) in [5.74, 6) is -1.00. The van der Waals surface area contributed by atoms with Crippen LogP contribution in [-0.2, 0) is 11.2 Å². The van der Waals surface area contributed by atoms with E-state index in [2.05, 4.69) is 15.3 Å². The second-order valence-corrected chi connectivity index (χ2v) is 7.59. The Hall–Kier alpha value is -3.68. The van der Waals surface area contributed by atoms with Crippen LogP contribution in [0.25, 0.3) is 10.9 Å². The molecule has 8 nitrogen and oxygen atoms in total. The molecule has 0 bridgehead atoms. The predicted octanol–water partition coefficient (Wildman–Crippen LogP) is 2.66. The molecular weight excluding hydrogens is 384 g/mol. The Morgan fingerprint density at radius 3 is 2.57 bits per heavy atom. The summed E-state index contributed by atoms with van der Waals surface area (Å²) in [6, 6.07) is 6.40. The molecule has 3 heterocycles. The van der Waals surface area contributed by atoms with Gasteiger partial charge in [-0.05, 0) is 38.0 Å². The van der Waals surface area contributed by atoms with Crippen LogP contribution in [0.5, 0.6) is 0 Å². The van der Waals surface area contributed by atoms with Crippen LogP contribution in [0.3, 0.4) is 0 Å². The van der Waals surface area contributed by atoms with Crippen molar-refractivity contribution >= 4 is 34.4 Å². The van der Waals surface area contributed by atoms with Crippen molar-refractivity contribution in [2.45, 2.75) is 33.2 Å². The first-order chi connectivity index (χ1) is 14.3. The number of aromatic amines is 2. The van der Waals surface area contributed by atoms with Gasteiger partial charge in [0, 0.05) is 34.8 Å². The van der Waals surface area contributed by atoms with Crippen molar-refractivity contribution in [1.82, 2.24) is 20.2 Å². The number of aromatic nitrogens is 2. The lowest BCUT2D eigenvalue weighted by Crippen LogP contribution is -2.36. The van der Waals surface area contributed by atoms with Crippen molar-refractivity contribution < 1.29 is 19.2 Å². The Bertz CT molecular complexity index is 1200. The number of amides is 3. The Kier molecular flexibility index (Phi) is 4.77. The molecule has 1 saturated heterocycles. The van der Waals surface area contributed by atoms with Gasteiger partial charge < -0.3 is 15.3 Å². The van der Waals surface area contributed by atoms with Gasteiger partial charge in [0.25, 0.3) is 5.91 Å². The number of imide groups is 1. The van der Waals surface area contributed by atoms with Gasteiger partial charge in [0.2, 0.25) is 0 Å². The summed E-state index contributed by atoms with van der Waals surface area (Å²) < 4.78 is 0. The first kappa shape index (κ1) is 19.6. The second-order valence-electron chi connectivity index (χ2n) is 7.59. The molecular formula is C22H22N4O4. The minimum atomic E-state index is -0.733. The molecule has 154 valence electrons. The van der Waals surface area contributed by atoms with Gasteiger partial charge in [-0.15, -0.1) is 0 Å². The standard InChI is InChI=1S/C22H22N4O4/c1-11-19(13(3)27)12(2)24-20(11)18(28)10-26-21(29)17(25-22(26)30)8-14-9-23-16-7-5-4-6-15(14)16/h4-7,9,17,23-24H,8,10H2,1-3H3,(H,25,30). The number of hydrogen-bond donors (Lipinski definition) is 3. The number of H-pyrrole nitrogens is 2. The molecule has 1 aromatic carbocycles. The number of urea groups is 1. The van der Waals surface area contributed by atoms with E-state index < -0.39 is 23.8 Å². The molecule has 0 aliphatic carbocycles. The van der Waals surface area contributed by atoms with Crippen LogP contribution in [0.2, 0.25) is 0 Å². The fourth-order valence-electron chi connectivity index (χ4n) is 4.16. The number of rotatable bonds is 6. The lowest BCUT2D eigenvalue weighted by atomic mass is 10.0. The van der Waals surface area contributed by atoms with E-state index in [4.69, 9.17) is 0 Å². The van der Waals surface area contributed by atoms with Gasteiger partial charge in [-0.1, -0.05) is 18.2 Å². The zero-order valence-electron chi connectivity index (χ0n) is 17.0. The summed E-state index contributed by atoms with van der Waals surface area (Å²) in [4.78, 5) is 56.8. The summed E-state index contributed by atoms with van der Waals surface area (Å²) >= 11 is 0. The summed E-state index contributed by atoms with van der Waals surface area (Å²) in [5.41, 5.74) is 3.71. The maximum Gasteiger partial charge on any atom is 0.325 e. The molecule has 0 saturated carbocycles. The lowest BCUT2D eigenvalue weighted by Gasteiger charge is -2.12. The van der Waals surface area contributed by atoms with Crippen molar-refractivity contribution in [3.8, 4) is 0 Å². The summed E-state index contributed by atoms with van der Waals surface area (Å²) in [6.45, 7) is 4.45. The predicted molar refractivity (Wildman–Crippen MR) is 111 cm³/mol. The average Bonchev–Trinajstić information content (AvgIpc) is 3.32. The smallest absolute Gasteiger partial charge is 0.325 e. The van der Waals surface area contributed by atoms with Crippen LogP contribution >= 0.6 is 0 Å². The zero-order chi connectivity index (χ0) is 21.6. The average molecular weight is 406 g/mol. The molecule has 2 aromatic heterocycles. The molecule has 3 aromatic rings. The number of nitrogens with zero attached hydrogens (tertiary/aromatic N) is 1. The molecule has 3 amide bonds. The van der Waals surface area contributed by atoms with Crippen LogP contribution in [0, 0.1) is 13.8 Å². The van der Waals surface area contributed by atoms with Crippen molar-refractivity contribution in [1.29, 1.82) is 0 Å².